The summed E-state index contributed by atoms with van der Waals surface area (Å²) in [7, 11) is 0. The number of rotatable bonds is 3. The van der Waals surface area contributed by atoms with E-state index in [4.69, 9.17) is 11.6 Å². The van der Waals surface area contributed by atoms with Crippen LogP contribution < -0.4 is 5.32 Å². The zero-order chi connectivity index (χ0) is 12.4. The van der Waals surface area contributed by atoms with Gasteiger partial charge in [0.1, 0.15) is 16.8 Å². The highest BCUT2D eigenvalue weighted by molar-refractivity contribution is 7.10. The minimum Gasteiger partial charge on any atom is -0.365 e. The van der Waals surface area contributed by atoms with Crippen LogP contribution in [0.15, 0.2) is 11.4 Å². The summed E-state index contributed by atoms with van der Waals surface area (Å²) in [5, 5.41) is 5.92. The zero-order valence-electron chi connectivity index (χ0n) is 10.0. The highest BCUT2D eigenvalue weighted by Gasteiger charge is 2.07. The van der Waals surface area contributed by atoms with E-state index in [1.54, 1.807) is 11.3 Å². The maximum Gasteiger partial charge on any atom is 0.137 e. The summed E-state index contributed by atoms with van der Waals surface area (Å²) in [6.45, 7) is 6.65. The molecule has 2 heterocycles. The Balaban J connectivity index is 2.17. The van der Waals surface area contributed by atoms with Gasteiger partial charge in [-0.25, -0.2) is 9.97 Å². The molecule has 0 aromatic carbocycles. The number of aryl methyl sites for hydroxylation is 2. The summed E-state index contributed by atoms with van der Waals surface area (Å²) in [4.78, 5) is 9.79. The number of thiophene rings is 1. The lowest BCUT2D eigenvalue weighted by atomic mass is 10.3. The molecule has 0 aliphatic heterocycles. The molecule has 5 heteroatoms. The molecule has 0 aliphatic carbocycles. The lowest BCUT2D eigenvalue weighted by Gasteiger charge is -2.09. The number of nitrogens with one attached hydrogen (secondary N) is 1. The maximum absolute atomic E-state index is 6.02. The van der Waals surface area contributed by atoms with Crippen molar-refractivity contribution < 1.29 is 0 Å². The van der Waals surface area contributed by atoms with Crippen LogP contribution in [0.25, 0.3) is 0 Å². The Morgan fingerprint density at radius 2 is 2.06 bits per heavy atom. The van der Waals surface area contributed by atoms with Crippen molar-refractivity contribution >= 4 is 28.8 Å². The second kappa shape index (κ2) is 5.02. The second-order valence-corrected chi connectivity index (χ2v) is 5.27. The molecule has 90 valence electrons. The lowest BCUT2D eigenvalue weighted by Crippen LogP contribution is -2.05. The molecule has 17 heavy (non-hydrogen) atoms. The number of halogens is 1. The first-order chi connectivity index (χ1) is 8.08. The van der Waals surface area contributed by atoms with Crippen molar-refractivity contribution in [3.63, 3.8) is 0 Å². The van der Waals surface area contributed by atoms with E-state index in [9.17, 15) is 0 Å². The fraction of sp³-hybridized carbons (Fsp3) is 0.333. The minimum atomic E-state index is 0.517. The molecule has 0 atom stereocenters. The third kappa shape index (κ3) is 2.76. The first-order valence-electron chi connectivity index (χ1n) is 5.35. The highest BCUT2D eigenvalue weighted by atomic mass is 35.5. The molecule has 0 saturated carbocycles. The Labute approximate surface area is 110 Å². The molecule has 3 nitrogen and oxygen atoms in total. The van der Waals surface area contributed by atoms with Crippen LogP contribution in [0.1, 0.15) is 21.8 Å². The first kappa shape index (κ1) is 12.3. The Kier molecular flexibility index (Phi) is 3.64. The molecule has 0 spiro atoms. The SMILES string of the molecule is Cc1nc(Cl)c(C)c(NCc2sccc2C)n1. The molecule has 2 aromatic heterocycles. The summed E-state index contributed by atoms with van der Waals surface area (Å²) in [5.41, 5.74) is 2.20. The standard InChI is InChI=1S/C12H14ClN3S/c1-7-4-5-17-10(7)6-14-12-8(2)11(13)15-9(3)16-12/h4-5H,6H2,1-3H3,(H,14,15,16). The monoisotopic (exact) mass is 267 g/mol. The van der Waals surface area contributed by atoms with Crippen LogP contribution in [0.3, 0.4) is 0 Å². The highest BCUT2D eigenvalue weighted by Crippen LogP contribution is 2.22. The Bertz CT molecular complexity index is 537. The molecular formula is C12H14ClN3S. The minimum absolute atomic E-state index is 0.517. The Hall–Kier alpha value is -1.13. The number of nitrogens with zero attached hydrogens (tertiary/aromatic N) is 2. The summed E-state index contributed by atoms with van der Waals surface area (Å²) >= 11 is 7.77. The van der Waals surface area contributed by atoms with Crippen molar-refractivity contribution in [1.29, 1.82) is 0 Å². The van der Waals surface area contributed by atoms with Gasteiger partial charge < -0.3 is 5.32 Å². The molecule has 0 fully saturated rings. The van der Waals surface area contributed by atoms with Crippen LogP contribution in [0, 0.1) is 20.8 Å². The molecule has 0 amide bonds. The summed E-state index contributed by atoms with van der Waals surface area (Å²) in [6, 6.07) is 2.12. The largest absolute Gasteiger partial charge is 0.365 e. The zero-order valence-corrected chi connectivity index (χ0v) is 11.6. The Morgan fingerprint density at radius 1 is 1.29 bits per heavy atom. The topological polar surface area (TPSA) is 37.8 Å². The molecule has 1 N–H and O–H groups in total. The molecule has 2 aromatic rings. The molecule has 0 saturated heterocycles. The van der Waals surface area contributed by atoms with Crippen LogP contribution in [0.5, 0.6) is 0 Å². The van der Waals surface area contributed by atoms with Gasteiger partial charge in [-0.3, -0.25) is 0 Å². The summed E-state index contributed by atoms with van der Waals surface area (Å²) in [6.07, 6.45) is 0. The molecule has 0 bridgehead atoms. The van der Waals surface area contributed by atoms with Gasteiger partial charge in [0.25, 0.3) is 0 Å². The van der Waals surface area contributed by atoms with Gasteiger partial charge in [-0.05, 0) is 37.8 Å². The molecule has 0 aliphatic rings. The second-order valence-electron chi connectivity index (χ2n) is 3.92. The third-order valence-corrected chi connectivity index (χ3v) is 3.97. The van der Waals surface area contributed by atoms with Gasteiger partial charge in [-0.15, -0.1) is 11.3 Å². The van der Waals surface area contributed by atoms with E-state index in [1.165, 1.54) is 10.4 Å². The first-order valence-corrected chi connectivity index (χ1v) is 6.61. The molecule has 2 rings (SSSR count). The van der Waals surface area contributed by atoms with E-state index in [1.807, 2.05) is 13.8 Å². The van der Waals surface area contributed by atoms with Crippen LogP contribution in [0.4, 0.5) is 5.82 Å². The number of aromatic nitrogens is 2. The average molecular weight is 268 g/mol. The van der Waals surface area contributed by atoms with Gasteiger partial charge in [0.2, 0.25) is 0 Å². The van der Waals surface area contributed by atoms with Crippen LogP contribution in [-0.2, 0) is 6.54 Å². The van der Waals surface area contributed by atoms with Crippen molar-refractivity contribution in [3.05, 3.63) is 38.4 Å². The number of hydrogen-bond donors (Lipinski definition) is 1. The van der Waals surface area contributed by atoms with Crippen molar-refractivity contribution in [2.75, 3.05) is 5.32 Å². The molecule has 0 radical (unpaired) electrons. The van der Waals surface area contributed by atoms with E-state index >= 15 is 0 Å². The maximum atomic E-state index is 6.02. The van der Waals surface area contributed by atoms with Gasteiger partial charge in [-0.2, -0.15) is 0 Å². The van der Waals surface area contributed by atoms with Crippen molar-refractivity contribution in [1.82, 2.24) is 9.97 Å². The Morgan fingerprint density at radius 3 is 2.71 bits per heavy atom. The summed E-state index contributed by atoms with van der Waals surface area (Å²) in [5.74, 6) is 1.50. The van der Waals surface area contributed by atoms with Gasteiger partial charge in [0, 0.05) is 10.4 Å². The average Bonchev–Trinajstić information content (AvgIpc) is 2.67. The van der Waals surface area contributed by atoms with E-state index in [2.05, 4.69) is 33.7 Å². The van der Waals surface area contributed by atoms with Crippen molar-refractivity contribution in [2.24, 2.45) is 0 Å². The van der Waals surface area contributed by atoms with Gasteiger partial charge >= 0.3 is 0 Å². The number of anilines is 1. The normalized spacial score (nSPS) is 10.6. The van der Waals surface area contributed by atoms with Crippen molar-refractivity contribution in [2.45, 2.75) is 27.3 Å². The van der Waals surface area contributed by atoms with E-state index < -0.39 is 0 Å². The van der Waals surface area contributed by atoms with Crippen LogP contribution in [0.2, 0.25) is 5.15 Å². The fourth-order valence-corrected chi connectivity index (χ4v) is 2.57. The predicted molar refractivity (Wildman–Crippen MR) is 72.9 cm³/mol. The summed E-state index contributed by atoms with van der Waals surface area (Å²) < 4.78 is 0. The number of hydrogen-bond acceptors (Lipinski definition) is 4. The lowest BCUT2D eigenvalue weighted by molar-refractivity contribution is 1.01. The van der Waals surface area contributed by atoms with E-state index in [-0.39, 0.29) is 0 Å². The predicted octanol–water partition coefficient (Wildman–Crippen LogP) is 3.73. The third-order valence-electron chi connectivity index (χ3n) is 2.58. The molecular weight excluding hydrogens is 254 g/mol. The molecule has 0 unspecified atom stereocenters. The van der Waals surface area contributed by atoms with Gasteiger partial charge in [0.05, 0.1) is 6.54 Å². The van der Waals surface area contributed by atoms with Crippen LogP contribution >= 0.6 is 22.9 Å². The van der Waals surface area contributed by atoms with Crippen molar-refractivity contribution in [3.8, 4) is 0 Å². The smallest absolute Gasteiger partial charge is 0.137 e. The quantitative estimate of drug-likeness (QED) is 0.861. The van der Waals surface area contributed by atoms with Gasteiger partial charge in [-0.1, -0.05) is 11.6 Å². The fourth-order valence-electron chi connectivity index (χ4n) is 1.52. The van der Waals surface area contributed by atoms with Crippen LogP contribution in [-0.4, -0.2) is 9.97 Å². The van der Waals surface area contributed by atoms with E-state index in [0.29, 0.717) is 11.0 Å². The van der Waals surface area contributed by atoms with E-state index in [0.717, 1.165) is 17.9 Å². The van der Waals surface area contributed by atoms with Gasteiger partial charge in [0.15, 0.2) is 0 Å².